The van der Waals surface area contributed by atoms with Gasteiger partial charge in [0.1, 0.15) is 17.7 Å². The Morgan fingerprint density at radius 3 is 2.96 bits per heavy atom. The molecule has 2 N–H and O–H groups in total. The highest BCUT2D eigenvalue weighted by molar-refractivity contribution is 5.95. The molecular formula is C18H22N4O3. The summed E-state index contributed by atoms with van der Waals surface area (Å²) in [6, 6.07) is 7.04. The predicted octanol–water partition coefficient (Wildman–Crippen LogP) is 1.79. The summed E-state index contributed by atoms with van der Waals surface area (Å²) in [6.07, 6.45) is 3.73. The number of rotatable bonds is 5. The van der Waals surface area contributed by atoms with Crippen LogP contribution in [0.3, 0.4) is 0 Å². The van der Waals surface area contributed by atoms with Crippen molar-refractivity contribution in [2.45, 2.75) is 25.5 Å². The van der Waals surface area contributed by atoms with Crippen LogP contribution in [0.1, 0.15) is 22.5 Å². The summed E-state index contributed by atoms with van der Waals surface area (Å²) in [5, 5.41) is 5.98. The Morgan fingerprint density at radius 1 is 1.32 bits per heavy atom. The Balaban J connectivity index is 1.67. The van der Waals surface area contributed by atoms with E-state index in [4.69, 9.17) is 9.47 Å². The van der Waals surface area contributed by atoms with Gasteiger partial charge in [0.05, 0.1) is 18.8 Å². The van der Waals surface area contributed by atoms with Gasteiger partial charge in [0.2, 0.25) is 0 Å². The highest BCUT2D eigenvalue weighted by Gasteiger charge is 2.29. The largest absolute Gasteiger partial charge is 0.484 e. The lowest BCUT2D eigenvalue weighted by Crippen LogP contribution is -2.51. The summed E-state index contributed by atoms with van der Waals surface area (Å²) < 4.78 is 11.5. The third-order valence-electron chi connectivity index (χ3n) is 4.07. The number of ether oxygens (including phenoxy) is 2. The fraction of sp³-hybridized carbons (Fsp3) is 0.389. The summed E-state index contributed by atoms with van der Waals surface area (Å²) >= 11 is 0. The van der Waals surface area contributed by atoms with Crippen molar-refractivity contribution in [3.05, 3.63) is 47.9 Å². The zero-order valence-corrected chi connectivity index (χ0v) is 14.4. The zero-order valence-electron chi connectivity index (χ0n) is 14.4. The molecule has 7 nitrogen and oxygen atoms in total. The van der Waals surface area contributed by atoms with E-state index in [0.717, 1.165) is 5.69 Å². The van der Waals surface area contributed by atoms with E-state index in [1.54, 1.807) is 31.6 Å². The maximum atomic E-state index is 12.5. The SMILES string of the molecule is CNc1cc(C(=O)N[C@@H]2CCOC[C@@H]2Oc2ccc(C)nc2)ccn1. The number of aromatic nitrogens is 2. The minimum Gasteiger partial charge on any atom is -0.484 e. The summed E-state index contributed by atoms with van der Waals surface area (Å²) in [7, 11) is 1.77. The molecule has 1 saturated heterocycles. The van der Waals surface area contributed by atoms with Gasteiger partial charge in [0, 0.05) is 31.1 Å². The first-order valence-electron chi connectivity index (χ1n) is 8.27. The van der Waals surface area contributed by atoms with E-state index in [9.17, 15) is 4.79 Å². The molecular weight excluding hydrogens is 320 g/mol. The lowest BCUT2D eigenvalue weighted by atomic mass is 10.1. The molecule has 25 heavy (non-hydrogen) atoms. The van der Waals surface area contributed by atoms with Crippen LogP contribution < -0.4 is 15.4 Å². The summed E-state index contributed by atoms with van der Waals surface area (Å²) in [5.41, 5.74) is 1.48. The zero-order chi connectivity index (χ0) is 17.6. The first-order chi connectivity index (χ1) is 12.2. The molecule has 1 amide bonds. The maximum absolute atomic E-state index is 12.5. The topological polar surface area (TPSA) is 85.4 Å². The molecule has 132 valence electrons. The van der Waals surface area contributed by atoms with Crippen molar-refractivity contribution in [1.29, 1.82) is 0 Å². The third-order valence-corrected chi connectivity index (χ3v) is 4.07. The standard InChI is InChI=1S/C18H22N4O3/c1-12-3-4-14(10-21-12)25-16-11-24-8-6-15(16)22-18(23)13-5-7-20-17(9-13)19-2/h3-5,7,9-10,15-16H,6,8,11H2,1-2H3,(H,19,20)(H,22,23)/t15-,16+/m1/s1. The molecule has 2 aromatic rings. The van der Waals surface area contributed by atoms with Crippen molar-refractivity contribution in [3.8, 4) is 5.75 Å². The van der Waals surface area contributed by atoms with Gasteiger partial charge in [-0.2, -0.15) is 0 Å². The minimum atomic E-state index is -0.257. The van der Waals surface area contributed by atoms with Crippen molar-refractivity contribution in [3.63, 3.8) is 0 Å². The van der Waals surface area contributed by atoms with Crippen LogP contribution in [0.2, 0.25) is 0 Å². The van der Waals surface area contributed by atoms with Gasteiger partial charge in [-0.25, -0.2) is 4.98 Å². The second kappa shape index (κ2) is 7.94. The molecule has 1 aliphatic heterocycles. The Labute approximate surface area is 146 Å². The van der Waals surface area contributed by atoms with E-state index in [1.807, 2.05) is 19.1 Å². The van der Waals surface area contributed by atoms with E-state index < -0.39 is 0 Å². The minimum absolute atomic E-state index is 0.131. The predicted molar refractivity (Wildman–Crippen MR) is 93.9 cm³/mol. The summed E-state index contributed by atoms with van der Waals surface area (Å²) in [5.74, 6) is 1.17. The molecule has 2 aromatic heterocycles. The van der Waals surface area contributed by atoms with E-state index in [-0.39, 0.29) is 18.1 Å². The molecule has 3 heterocycles. The third kappa shape index (κ3) is 4.45. The number of hydrogen-bond acceptors (Lipinski definition) is 6. The number of amides is 1. The fourth-order valence-corrected chi connectivity index (χ4v) is 2.65. The second-order valence-electron chi connectivity index (χ2n) is 5.91. The monoisotopic (exact) mass is 342 g/mol. The number of hydrogen-bond donors (Lipinski definition) is 2. The van der Waals surface area contributed by atoms with Gasteiger partial charge in [-0.15, -0.1) is 0 Å². The number of carbonyl (C=O) groups excluding carboxylic acids is 1. The fourth-order valence-electron chi connectivity index (χ4n) is 2.65. The van der Waals surface area contributed by atoms with Gasteiger partial charge >= 0.3 is 0 Å². The molecule has 0 saturated carbocycles. The average molecular weight is 342 g/mol. The Hall–Kier alpha value is -2.67. The molecule has 2 atom stereocenters. The number of nitrogens with zero attached hydrogens (tertiary/aromatic N) is 2. The van der Waals surface area contributed by atoms with E-state index in [0.29, 0.717) is 36.8 Å². The van der Waals surface area contributed by atoms with Crippen LogP contribution >= 0.6 is 0 Å². The molecule has 0 radical (unpaired) electrons. The Bertz CT molecular complexity index is 721. The van der Waals surface area contributed by atoms with Gasteiger partial charge in [-0.05, 0) is 37.6 Å². The lowest BCUT2D eigenvalue weighted by molar-refractivity contribution is -0.0136. The van der Waals surface area contributed by atoms with Gasteiger partial charge in [0.15, 0.2) is 0 Å². The molecule has 0 unspecified atom stereocenters. The van der Waals surface area contributed by atoms with Crippen molar-refractivity contribution in [1.82, 2.24) is 15.3 Å². The second-order valence-corrected chi connectivity index (χ2v) is 5.91. The van der Waals surface area contributed by atoms with Crippen molar-refractivity contribution in [2.75, 3.05) is 25.6 Å². The molecule has 3 rings (SSSR count). The van der Waals surface area contributed by atoms with Crippen LogP contribution in [0.5, 0.6) is 5.75 Å². The number of aryl methyl sites for hydroxylation is 1. The lowest BCUT2D eigenvalue weighted by Gasteiger charge is -2.32. The summed E-state index contributed by atoms with van der Waals surface area (Å²) in [6.45, 7) is 2.94. The smallest absolute Gasteiger partial charge is 0.251 e. The highest BCUT2D eigenvalue weighted by atomic mass is 16.5. The molecule has 0 aliphatic carbocycles. The van der Waals surface area contributed by atoms with Gasteiger partial charge in [0.25, 0.3) is 5.91 Å². The Morgan fingerprint density at radius 2 is 2.20 bits per heavy atom. The van der Waals surface area contributed by atoms with Crippen LogP contribution in [0.25, 0.3) is 0 Å². The average Bonchev–Trinajstić information content (AvgIpc) is 2.65. The van der Waals surface area contributed by atoms with Crippen molar-refractivity contribution < 1.29 is 14.3 Å². The number of anilines is 1. The molecule has 0 bridgehead atoms. The van der Waals surface area contributed by atoms with Gasteiger partial charge < -0.3 is 20.1 Å². The van der Waals surface area contributed by atoms with E-state index >= 15 is 0 Å². The first kappa shape index (κ1) is 17.2. The maximum Gasteiger partial charge on any atom is 0.251 e. The van der Waals surface area contributed by atoms with E-state index in [2.05, 4.69) is 20.6 Å². The molecule has 0 aromatic carbocycles. The number of carbonyl (C=O) groups is 1. The van der Waals surface area contributed by atoms with Gasteiger partial charge in [-0.1, -0.05) is 0 Å². The Kier molecular flexibility index (Phi) is 5.45. The number of pyridine rings is 2. The van der Waals surface area contributed by atoms with Crippen LogP contribution in [0, 0.1) is 6.92 Å². The van der Waals surface area contributed by atoms with Crippen molar-refractivity contribution in [2.24, 2.45) is 0 Å². The highest BCUT2D eigenvalue weighted by Crippen LogP contribution is 2.18. The molecule has 0 spiro atoms. The molecule has 7 heteroatoms. The number of nitrogens with one attached hydrogen (secondary N) is 2. The summed E-state index contributed by atoms with van der Waals surface area (Å²) in [4.78, 5) is 20.9. The van der Waals surface area contributed by atoms with Gasteiger partial charge in [-0.3, -0.25) is 9.78 Å². The van der Waals surface area contributed by atoms with Crippen LogP contribution in [-0.2, 0) is 4.74 Å². The van der Waals surface area contributed by atoms with Crippen LogP contribution in [-0.4, -0.2) is 48.3 Å². The van der Waals surface area contributed by atoms with Crippen molar-refractivity contribution >= 4 is 11.7 Å². The molecule has 1 fully saturated rings. The van der Waals surface area contributed by atoms with Crippen LogP contribution in [0.4, 0.5) is 5.82 Å². The quantitative estimate of drug-likeness (QED) is 0.862. The first-order valence-corrected chi connectivity index (χ1v) is 8.27. The molecule has 1 aliphatic rings. The van der Waals surface area contributed by atoms with Crippen LogP contribution in [0.15, 0.2) is 36.7 Å². The van der Waals surface area contributed by atoms with E-state index in [1.165, 1.54) is 0 Å². The normalized spacial score (nSPS) is 19.9.